The Balaban J connectivity index is 1.63. The first-order chi connectivity index (χ1) is 21.9. The largest absolute Gasteiger partial charge is 0.0622 e. The van der Waals surface area contributed by atoms with E-state index in [-0.39, 0.29) is 0 Å². The summed E-state index contributed by atoms with van der Waals surface area (Å²) in [7, 11) is 0. The van der Waals surface area contributed by atoms with Crippen LogP contribution in [0.2, 0.25) is 0 Å². The molecule has 9 aromatic rings. The first kappa shape index (κ1) is 24.8. The van der Waals surface area contributed by atoms with Crippen LogP contribution in [0.15, 0.2) is 170 Å². The van der Waals surface area contributed by atoms with Crippen molar-refractivity contribution in [1.82, 2.24) is 0 Å². The number of rotatable bonds is 3. The number of hydrogen-bond donors (Lipinski definition) is 0. The van der Waals surface area contributed by atoms with Crippen LogP contribution >= 0.6 is 0 Å². The van der Waals surface area contributed by atoms with Crippen LogP contribution in [-0.2, 0) is 0 Å². The summed E-state index contributed by atoms with van der Waals surface area (Å²) in [4.78, 5) is 0. The Morgan fingerprint density at radius 2 is 0.682 bits per heavy atom. The van der Waals surface area contributed by atoms with Crippen molar-refractivity contribution in [2.24, 2.45) is 0 Å². The van der Waals surface area contributed by atoms with Crippen molar-refractivity contribution in [2.45, 2.75) is 0 Å². The summed E-state index contributed by atoms with van der Waals surface area (Å²) in [6.45, 7) is 0. The molecule has 0 fully saturated rings. The number of benzene rings is 9. The Kier molecular flexibility index (Phi) is 5.61. The van der Waals surface area contributed by atoms with Crippen LogP contribution in [0, 0.1) is 0 Å². The fourth-order valence-electron chi connectivity index (χ4n) is 7.35. The summed E-state index contributed by atoms with van der Waals surface area (Å²) >= 11 is 0. The minimum absolute atomic E-state index is 1.22. The molecule has 0 aliphatic carbocycles. The third kappa shape index (κ3) is 3.71. The first-order valence-electron chi connectivity index (χ1n) is 15.3. The van der Waals surface area contributed by atoms with Crippen molar-refractivity contribution in [1.29, 1.82) is 0 Å². The van der Waals surface area contributed by atoms with Gasteiger partial charge in [0.15, 0.2) is 0 Å². The van der Waals surface area contributed by atoms with Crippen molar-refractivity contribution in [3.8, 4) is 33.4 Å². The van der Waals surface area contributed by atoms with Crippen molar-refractivity contribution in [3.05, 3.63) is 170 Å². The quantitative estimate of drug-likeness (QED) is 0.190. The zero-order valence-corrected chi connectivity index (χ0v) is 24.2. The third-order valence-corrected chi connectivity index (χ3v) is 9.23. The van der Waals surface area contributed by atoms with Crippen LogP contribution in [0.3, 0.4) is 0 Å². The van der Waals surface area contributed by atoms with Crippen LogP contribution in [0.5, 0.6) is 0 Å². The summed E-state index contributed by atoms with van der Waals surface area (Å²) in [5, 5.41) is 12.7. The highest BCUT2D eigenvalue weighted by molar-refractivity contribution is 6.32. The van der Waals surface area contributed by atoms with Crippen molar-refractivity contribution in [2.75, 3.05) is 0 Å². The lowest BCUT2D eigenvalue weighted by molar-refractivity contribution is 1.62. The zero-order valence-electron chi connectivity index (χ0n) is 24.2. The van der Waals surface area contributed by atoms with Gasteiger partial charge in [-0.05, 0) is 93.3 Å². The Bertz CT molecular complexity index is 2530. The number of fused-ring (bicyclic) bond motifs is 8. The van der Waals surface area contributed by atoms with Gasteiger partial charge in [0.2, 0.25) is 0 Å². The molecule has 0 radical (unpaired) electrons. The molecule has 0 saturated heterocycles. The summed E-state index contributed by atoms with van der Waals surface area (Å²) in [6, 6.07) is 62.4. The van der Waals surface area contributed by atoms with Gasteiger partial charge in [0.05, 0.1) is 0 Å². The van der Waals surface area contributed by atoms with E-state index in [0.29, 0.717) is 0 Å². The molecule has 0 saturated carbocycles. The Morgan fingerprint density at radius 1 is 0.250 bits per heavy atom. The van der Waals surface area contributed by atoms with E-state index in [1.807, 2.05) is 0 Å². The lowest BCUT2D eigenvalue weighted by Gasteiger charge is -2.24. The second kappa shape index (κ2) is 9.93. The molecule has 0 amide bonds. The van der Waals surface area contributed by atoms with Crippen LogP contribution in [0.1, 0.15) is 0 Å². The molecule has 0 bridgehead atoms. The normalized spacial score (nSPS) is 11.6. The predicted molar refractivity (Wildman–Crippen MR) is 190 cm³/mol. The molecule has 0 heteroatoms. The van der Waals surface area contributed by atoms with Crippen molar-refractivity contribution >= 4 is 53.9 Å². The van der Waals surface area contributed by atoms with E-state index < -0.39 is 0 Å². The van der Waals surface area contributed by atoms with Crippen LogP contribution in [0.25, 0.3) is 87.2 Å². The van der Waals surface area contributed by atoms with E-state index in [4.69, 9.17) is 0 Å². The van der Waals surface area contributed by atoms with Crippen LogP contribution in [-0.4, -0.2) is 0 Å². The molecule has 9 rings (SSSR count). The van der Waals surface area contributed by atoms with Gasteiger partial charge in [0, 0.05) is 0 Å². The van der Waals surface area contributed by atoms with Gasteiger partial charge in [-0.3, -0.25) is 0 Å². The SMILES string of the molecule is c1ccc(-c2cc3c4ccccc4c4ccccc4c3c(-c3cccc4ccccc34)c2-c2cccc3ccccc23)cc1. The van der Waals surface area contributed by atoms with Gasteiger partial charge in [-0.2, -0.15) is 0 Å². The molecule has 9 aromatic carbocycles. The second-order valence-electron chi connectivity index (χ2n) is 11.6. The van der Waals surface area contributed by atoms with E-state index in [9.17, 15) is 0 Å². The van der Waals surface area contributed by atoms with E-state index in [2.05, 4.69) is 170 Å². The van der Waals surface area contributed by atoms with E-state index in [0.717, 1.165) is 0 Å². The Hall–Kier alpha value is -5.72. The third-order valence-electron chi connectivity index (χ3n) is 9.23. The maximum absolute atomic E-state index is 2.46. The molecule has 0 N–H and O–H groups in total. The smallest absolute Gasteiger partial charge is 0.000764 e. The van der Waals surface area contributed by atoms with Gasteiger partial charge >= 0.3 is 0 Å². The molecule has 0 heterocycles. The van der Waals surface area contributed by atoms with Gasteiger partial charge in [0.25, 0.3) is 0 Å². The molecule has 0 spiro atoms. The minimum Gasteiger partial charge on any atom is -0.0622 e. The fraction of sp³-hybridized carbons (Fsp3) is 0. The van der Waals surface area contributed by atoms with E-state index in [1.54, 1.807) is 0 Å². The number of hydrogen-bond acceptors (Lipinski definition) is 0. The van der Waals surface area contributed by atoms with E-state index in [1.165, 1.54) is 87.2 Å². The maximum atomic E-state index is 2.46. The molecule has 0 aliphatic heterocycles. The fourth-order valence-corrected chi connectivity index (χ4v) is 7.35. The summed E-state index contributed by atoms with van der Waals surface area (Å²) in [5.74, 6) is 0. The summed E-state index contributed by atoms with van der Waals surface area (Å²) < 4.78 is 0. The van der Waals surface area contributed by atoms with Gasteiger partial charge in [0.1, 0.15) is 0 Å². The lowest BCUT2D eigenvalue weighted by atomic mass is 9.79. The average molecular weight is 557 g/mol. The first-order valence-corrected chi connectivity index (χ1v) is 15.3. The van der Waals surface area contributed by atoms with Gasteiger partial charge in [-0.1, -0.05) is 164 Å². The van der Waals surface area contributed by atoms with Crippen molar-refractivity contribution in [3.63, 3.8) is 0 Å². The second-order valence-corrected chi connectivity index (χ2v) is 11.6. The zero-order chi connectivity index (χ0) is 29.0. The molecule has 44 heavy (non-hydrogen) atoms. The van der Waals surface area contributed by atoms with E-state index >= 15 is 0 Å². The van der Waals surface area contributed by atoms with Crippen LogP contribution < -0.4 is 0 Å². The highest BCUT2D eigenvalue weighted by atomic mass is 14.3. The lowest BCUT2D eigenvalue weighted by Crippen LogP contribution is -1.96. The molecule has 0 atom stereocenters. The molecule has 0 aromatic heterocycles. The predicted octanol–water partition coefficient (Wildman–Crippen LogP) is 12.5. The van der Waals surface area contributed by atoms with Crippen LogP contribution in [0.4, 0.5) is 0 Å². The molecule has 204 valence electrons. The molecular weight excluding hydrogens is 528 g/mol. The summed E-state index contributed by atoms with van der Waals surface area (Å²) in [6.07, 6.45) is 0. The van der Waals surface area contributed by atoms with Gasteiger partial charge < -0.3 is 0 Å². The maximum Gasteiger partial charge on any atom is -0.000764 e. The Morgan fingerprint density at radius 3 is 1.30 bits per heavy atom. The summed E-state index contributed by atoms with van der Waals surface area (Å²) in [5.41, 5.74) is 7.54. The standard InChI is InChI=1S/C44H28/c1-2-14-31(15-3-1)40-28-41-36-24-9-8-22-34(36)35-23-10-11-25-39(35)43(41)44(38-27-13-19-30-17-5-7-21-33(30)38)42(40)37-26-12-18-29-16-4-6-20-32(29)37/h1-28H. The highest BCUT2D eigenvalue weighted by Crippen LogP contribution is 2.51. The van der Waals surface area contributed by atoms with Crippen molar-refractivity contribution < 1.29 is 0 Å². The van der Waals surface area contributed by atoms with Gasteiger partial charge in [-0.15, -0.1) is 0 Å². The average Bonchev–Trinajstić information content (AvgIpc) is 3.11. The molecular formula is C44H28. The minimum atomic E-state index is 1.22. The highest BCUT2D eigenvalue weighted by Gasteiger charge is 2.23. The Labute approximate surface area is 256 Å². The van der Waals surface area contributed by atoms with Gasteiger partial charge in [-0.25, -0.2) is 0 Å². The monoisotopic (exact) mass is 556 g/mol. The molecule has 0 aliphatic rings. The molecule has 0 unspecified atom stereocenters. The topological polar surface area (TPSA) is 0 Å². The molecule has 0 nitrogen and oxygen atoms in total.